The second-order valence-electron chi connectivity index (χ2n) is 3.49. The fourth-order valence-corrected chi connectivity index (χ4v) is 1.09. The van der Waals surface area contributed by atoms with Crippen LogP contribution in [0.3, 0.4) is 0 Å². The lowest BCUT2D eigenvalue weighted by molar-refractivity contribution is 0.0932. The molecule has 0 spiro atoms. The van der Waals surface area contributed by atoms with Crippen molar-refractivity contribution in [3.8, 4) is 0 Å². The zero-order chi connectivity index (χ0) is 11.3. The number of aromatic amines is 1. The number of carbonyl (C=O) groups excluding carboxylic acids is 1. The minimum atomic E-state index is -0.362. The number of hydrogen-bond acceptors (Lipinski definition) is 5. The van der Waals surface area contributed by atoms with Crippen LogP contribution in [0.1, 0.15) is 37.3 Å². The van der Waals surface area contributed by atoms with Crippen molar-refractivity contribution < 1.29 is 4.79 Å². The van der Waals surface area contributed by atoms with Gasteiger partial charge in [0.05, 0.1) is 0 Å². The number of rotatable bonds is 5. The summed E-state index contributed by atoms with van der Waals surface area (Å²) < 4.78 is 0. The van der Waals surface area contributed by atoms with Crippen LogP contribution in [0, 0.1) is 0 Å². The Balaban J connectivity index is 2.47. The molecule has 0 unspecified atom stereocenters. The van der Waals surface area contributed by atoms with Crippen molar-refractivity contribution in [3.05, 3.63) is 5.82 Å². The van der Waals surface area contributed by atoms with Crippen LogP contribution >= 0.6 is 0 Å². The van der Waals surface area contributed by atoms with Gasteiger partial charge in [-0.3, -0.25) is 4.79 Å². The van der Waals surface area contributed by atoms with Crippen molar-refractivity contribution in [1.29, 1.82) is 0 Å². The van der Waals surface area contributed by atoms with Crippen molar-refractivity contribution >= 4 is 5.91 Å². The van der Waals surface area contributed by atoms with Crippen LogP contribution < -0.4 is 11.1 Å². The van der Waals surface area contributed by atoms with E-state index in [-0.39, 0.29) is 17.3 Å². The predicted molar refractivity (Wildman–Crippen MR) is 54.0 cm³/mol. The third kappa shape index (κ3) is 2.98. The number of tetrazole rings is 1. The Hall–Kier alpha value is -1.50. The molecular weight excluding hydrogens is 196 g/mol. The lowest BCUT2D eigenvalue weighted by Crippen LogP contribution is -2.49. The van der Waals surface area contributed by atoms with Crippen LogP contribution in [-0.4, -0.2) is 38.6 Å². The third-order valence-corrected chi connectivity index (χ3v) is 2.56. The van der Waals surface area contributed by atoms with Crippen molar-refractivity contribution in [2.45, 2.75) is 32.2 Å². The van der Waals surface area contributed by atoms with Gasteiger partial charge in [-0.2, -0.15) is 5.21 Å². The molecule has 4 N–H and O–H groups in total. The van der Waals surface area contributed by atoms with Crippen LogP contribution in [0.4, 0.5) is 0 Å². The van der Waals surface area contributed by atoms with Crippen molar-refractivity contribution in [2.24, 2.45) is 5.73 Å². The van der Waals surface area contributed by atoms with Gasteiger partial charge in [-0.05, 0) is 18.1 Å². The van der Waals surface area contributed by atoms with Gasteiger partial charge in [0, 0.05) is 12.1 Å². The van der Waals surface area contributed by atoms with E-state index in [2.05, 4.69) is 25.9 Å². The molecule has 84 valence electrons. The number of nitrogens with one attached hydrogen (secondary N) is 2. The molecule has 7 heteroatoms. The fourth-order valence-electron chi connectivity index (χ4n) is 1.09. The van der Waals surface area contributed by atoms with E-state index in [9.17, 15) is 4.79 Å². The monoisotopic (exact) mass is 212 g/mol. The molecule has 1 rings (SSSR count). The molecule has 1 amide bonds. The van der Waals surface area contributed by atoms with Crippen LogP contribution in [0.2, 0.25) is 0 Å². The van der Waals surface area contributed by atoms with E-state index in [1.54, 1.807) is 0 Å². The molecule has 0 aliphatic heterocycles. The molecule has 0 atom stereocenters. The maximum atomic E-state index is 11.4. The highest BCUT2D eigenvalue weighted by Crippen LogP contribution is 2.09. The van der Waals surface area contributed by atoms with E-state index >= 15 is 0 Å². The Morgan fingerprint density at radius 1 is 1.53 bits per heavy atom. The Morgan fingerprint density at radius 2 is 2.20 bits per heavy atom. The normalized spacial score (nSPS) is 11.4. The molecule has 0 aliphatic rings. The van der Waals surface area contributed by atoms with E-state index in [0.29, 0.717) is 6.54 Å². The predicted octanol–water partition coefficient (Wildman–Crippen LogP) is -0.553. The largest absolute Gasteiger partial charge is 0.347 e. The molecule has 1 aromatic rings. The Bertz CT molecular complexity index is 305. The summed E-state index contributed by atoms with van der Waals surface area (Å²) in [5.41, 5.74) is 5.66. The summed E-state index contributed by atoms with van der Waals surface area (Å²) in [4.78, 5) is 11.4. The number of hydrogen-bond donors (Lipinski definition) is 3. The Labute approximate surface area is 87.8 Å². The molecule has 0 aliphatic carbocycles. The van der Waals surface area contributed by atoms with E-state index in [1.165, 1.54) is 0 Å². The van der Waals surface area contributed by atoms with E-state index in [1.807, 2.05) is 13.8 Å². The molecule has 0 radical (unpaired) electrons. The molecule has 0 saturated carbocycles. The summed E-state index contributed by atoms with van der Waals surface area (Å²) in [5, 5.41) is 15.3. The molecule has 0 fully saturated rings. The first kappa shape index (κ1) is 11.6. The van der Waals surface area contributed by atoms with E-state index < -0.39 is 0 Å². The third-order valence-electron chi connectivity index (χ3n) is 2.56. The van der Waals surface area contributed by atoms with Crippen molar-refractivity contribution in [3.63, 3.8) is 0 Å². The van der Waals surface area contributed by atoms with E-state index in [4.69, 9.17) is 5.73 Å². The zero-order valence-electron chi connectivity index (χ0n) is 8.95. The standard InChI is InChI=1S/C8H16N6O/c1-3-8(9,4-2)5-10-7(15)6-11-13-14-12-6/h3-5,9H2,1-2H3,(H,10,15)(H,11,12,13,14). The highest BCUT2D eigenvalue weighted by atomic mass is 16.2. The van der Waals surface area contributed by atoms with Gasteiger partial charge < -0.3 is 11.1 Å². The maximum Gasteiger partial charge on any atom is 0.292 e. The summed E-state index contributed by atoms with van der Waals surface area (Å²) in [7, 11) is 0. The number of aromatic nitrogens is 4. The van der Waals surface area contributed by atoms with Crippen molar-refractivity contribution in [2.75, 3.05) is 6.54 Å². The molecule has 0 aromatic carbocycles. The molecule has 0 bridgehead atoms. The first-order chi connectivity index (χ1) is 7.11. The lowest BCUT2D eigenvalue weighted by Gasteiger charge is -2.26. The van der Waals surface area contributed by atoms with Crippen LogP contribution in [0.5, 0.6) is 0 Å². The highest BCUT2D eigenvalue weighted by molar-refractivity contribution is 5.90. The number of H-pyrrole nitrogens is 1. The minimum absolute atomic E-state index is 0.0320. The molecule has 15 heavy (non-hydrogen) atoms. The highest BCUT2D eigenvalue weighted by Gasteiger charge is 2.22. The molecular formula is C8H16N6O. The first-order valence-corrected chi connectivity index (χ1v) is 4.92. The Morgan fingerprint density at radius 3 is 2.67 bits per heavy atom. The number of nitrogens with two attached hydrogens (primary N) is 1. The molecule has 1 heterocycles. The average molecular weight is 212 g/mol. The first-order valence-electron chi connectivity index (χ1n) is 4.92. The van der Waals surface area contributed by atoms with Gasteiger partial charge in [-0.15, -0.1) is 10.2 Å². The van der Waals surface area contributed by atoms with Crippen LogP contribution in [-0.2, 0) is 0 Å². The quantitative estimate of drug-likeness (QED) is 0.606. The summed E-state index contributed by atoms with van der Waals surface area (Å²) in [5.74, 6) is -0.329. The molecule has 1 aromatic heterocycles. The second kappa shape index (κ2) is 4.83. The van der Waals surface area contributed by atoms with Gasteiger partial charge in [-0.25, -0.2) is 0 Å². The average Bonchev–Trinajstić information content (AvgIpc) is 2.79. The van der Waals surface area contributed by atoms with E-state index in [0.717, 1.165) is 12.8 Å². The van der Waals surface area contributed by atoms with Gasteiger partial charge in [0.2, 0.25) is 0 Å². The lowest BCUT2D eigenvalue weighted by atomic mass is 9.94. The van der Waals surface area contributed by atoms with Crippen LogP contribution in [0.15, 0.2) is 0 Å². The number of amides is 1. The van der Waals surface area contributed by atoms with Gasteiger partial charge in [0.15, 0.2) is 0 Å². The van der Waals surface area contributed by atoms with Gasteiger partial charge in [0.25, 0.3) is 11.7 Å². The number of carbonyl (C=O) groups is 1. The van der Waals surface area contributed by atoms with Gasteiger partial charge >= 0.3 is 0 Å². The summed E-state index contributed by atoms with van der Waals surface area (Å²) in [6.07, 6.45) is 1.60. The van der Waals surface area contributed by atoms with Crippen LogP contribution in [0.25, 0.3) is 0 Å². The summed E-state index contributed by atoms with van der Waals surface area (Å²) in [6.45, 7) is 4.39. The Kier molecular flexibility index (Phi) is 3.73. The maximum absolute atomic E-state index is 11.4. The smallest absolute Gasteiger partial charge is 0.292 e. The fraction of sp³-hybridized carbons (Fsp3) is 0.750. The molecule has 0 saturated heterocycles. The SMILES string of the molecule is CCC(N)(CC)CNC(=O)c1nn[nH]n1. The minimum Gasteiger partial charge on any atom is -0.347 e. The topological polar surface area (TPSA) is 110 Å². The number of nitrogens with zero attached hydrogens (tertiary/aromatic N) is 3. The van der Waals surface area contributed by atoms with Gasteiger partial charge in [-0.1, -0.05) is 13.8 Å². The molecule has 7 nitrogen and oxygen atoms in total. The second-order valence-corrected chi connectivity index (χ2v) is 3.49. The summed E-state index contributed by atoms with van der Waals surface area (Å²) in [6, 6.07) is 0. The summed E-state index contributed by atoms with van der Waals surface area (Å²) >= 11 is 0. The van der Waals surface area contributed by atoms with Gasteiger partial charge in [0.1, 0.15) is 0 Å². The van der Waals surface area contributed by atoms with Crippen molar-refractivity contribution in [1.82, 2.24) is 25.9 Å². The zero-order valence-corrected chi connectivity index (χ0v) is 8.95.